The molecule has 0 aliphatic carbocycles. The van der Waals surface area contributed by atoms with Gasteiger partial charge in [0.1, 0.15) is 0 Å². The third-order valence-electron chi connectivity index (χ3n) is 3.28. The molecule has 94 valence electrons. The molecule has 2 heterocycles. The third kappa shape index (κ3) is 1.81. The van der Waals surface area contributed by atoms with Crippen molar-refractivity contribution in [2.24, 2.45) is 0 Å². The molecule has 0 saturated heterocycles. The quantitative estimate of drug-likeness (QED) is 0.847. The Labute approximate surface area is 106 Å². The van der Waals surface area contributed by atoms with Crippen LogP contribution in [0.5, 0.6) is 0 Å². The predicted molar refractivity (Wildman–Crippen MR) is 72.0 cm³/mol. The van der Waals surface area contributed by atoms with E-state index in [9.17, 15) is 0 Å². The zero-order valence-corrected chi connectivity index (χ0v) is 10.6. The minimum atomic E-state index is 0.274. The van der Waals surface area contributed by atoms with Crippen molar-refractivity contribution in [2.45, 2.75) is 19.4 Å². The highest BCUT2D eigenvalue weighted by molar-refractivity contribution is 5.39. The maximum atomic E-state index is 4.49. The summed E-state index contributed by atoms with van der Waals surface area (Å²) in [5.41, 5.74) is 2.58. The molecule has 0 amide bonds. The molecule has 0 saturated carbocycles. The Balaban J connectivity index is 2.02. The number of fused-ring (bicyclic) bond motifs is 1. The van der Waals surface area contributed by atoms with Crippen LogP contribution in [0, 0.1) is 6.92 Å². The summed E-state index contributed by atoms with van der Waals surface area (Å²) in [5.74, 6) is 1.51. The summed E-state index contributed by atoms with van der Waals surface area (Å²) in [4.78, 5) is 4.40. The van der Waals surface area contributed by atoms with Gasteiger partial charge in [0.25, 0.3) is 0 Å². The van der Waals surface area contributed by atoms with Gasteiger partial charge in [-0.2, -0.15) is 4.98 Å². The van der Waals surface area contributed by atoms with Crippen LogP contribution >= 0.6 is 0 Å². The molecule has 1 atom stereocenters. The highest BCUT2D eigenvalue weighted by Gasteiger charge is 2.24. The van der Waals surface area contributed by atoms with Crippen LogP contribution in [0.2, 0.25) is 0 Å². The van der Waals surface area contributed by atoms with Crippen molar-refractivity contribution >= 4 is 11.9 Å². The van der Waals surface area contributed by atoms with Gasteiger partial charge in [-0.25, -0.2) is 4.68 Å². The molecule has 1 aliphatic rings. The van der Waals surface area contributed by atoms with Gasteiger partial charge in [-0.05, 0) is 18.9 Å². The Bertz CT molecular complexity index is 560. The summed E-state index contributed by atoms with van der Waals surface area (Å²) in [6.45, 7) is 3.05. The summed E-state index contributed by atoms with van der Waals surface area (Å²) >= 11 is 0. The van der Waals surface area contributed by atoms with Crippen LogP contribution in [0.4, 0.5) is 11.9 Å². The SMILES string of the molecule is CNc1nc2n(n1)C(c1cccc(C)c1)CCN2. The van der Waals surface area contributed by atoms with Crippen LogP contribution in [-0.4, -0.2) is 28.4 Å². The molecule has 0 fully saturated rings. The Morgan fingerprint density at radius 2 is 2.33 bits per heavy atom. The second-order valence-corrected chi connectivity index (χ2v) is 4.60. The van der Waals surface area contributed by atoms with Gasteiger partial charge in [0.15, 0.2) is 0 Å². The number of aromatic nitrogens is 3. The van der Waals surface area contributed by atoms with Crippen molar-refractivity contribution in [2.75, 3.05) is 24.2 Å². The van der Waals surface area contributed by atoms with Gasteiger partial charge in [0.2, 0.25) is 11.9 Å². The fourth-order valence-electron chi connectivity index (χ4n) is 2.40. The summed E-state index contributed by atoms with van der Waals surface area (Å²) in [6, 6.07) is 8.87. The summed E-state index contributed by atoms with van der Waals surface area (Å²) < 4.78 is 1.98. The van der Waals surface area contributed by atoms with Crippen LogP contribution in [0.25, 0.3) is 0 Å². The average Bonchev–Trinajstić information content (AvgIpc) is 2.81. The van der Waals surface area contributed by atoms with E-state index in [-0.39, 0.29) is 6.04 Å². The Morgan fingerprint density at radius 1 is 1.44 bits per heavy atom. The van der Waals surface area contributed by atoms with E-state index in [0.717, 1.165) is 18.9 Å². The standard InChI is InChI=1S/C13H17N5/c1-9-4-3-5-10(8-9)11-6-7-15-13-16-12(14-2)17-18(11)13/h3-5,8,11H,6-7H2,1-2H3,(H2,14,15,16,17). The van der Waals surface area contributed by atoms with Gasteiger partial charge >= 0.3 is 0 Å². The van der Waals surface area contributed by atoms with Crippen LogP contribution in [0.15, 0.2) is 24.3 Å². The van der Waals surface area contributed by atoms with E-state index in [2.05, 4.69) is 51.9 Å². The lowest BCUT2D eigenvalue weighted by Crippen LogP contribution is -2.24. The van der Waals surface area contributed by atoms with E-state index >= 15 is 0 Å². The number of anilines is 2. The number of benzene rings is 1. The average molecular weight is 243 g/mol. The molecule has 1 aromatic heterocycles. The molecular formula is C13H17N5. The molecule has 0 bridgehead atoms. The van der Waals surface area contributed by atoms with E-state index in [1.165, 1.54) is 11.1 Å². The lowest BCUT2D eigenvalue weighted by atomic mass is 10.0. The van der Waals surface area contributed by atoms with Crippen LogP contribution < -0.4 is 10.6 Å². The zero-order valence-electron chi connectivity index (χ0n) is 10.6. The monoisotopic (exact) mass is 243 g/mol. The van der Waals surface area contributed by atoms with E-state index < -0.39 is 0 Å². The summed E-state index contributed by atoms with van der Waals surface area (Å²) in [7, 11) is 1.84. The first-order chi connectivity index (χ1) is 8.78. The normalized spacial score (nSPS) is 18.0. The van der Waals surface area contributed by atoms with Gasteiger partial charge in [-0.15, -0.1) is 5.10 Å². The highest BCUT2D eigenvalue weighted by Crippen LogP contribution is 2.29. The number of hydrogen-bond acceptors (Lipinski definition) is 4. The van der Waals surface area contributed by atoms with Crippen molar-refractivity contribution in [1.29, 1.82) is 0 Å². The molecule has 5 heteroatoms. The molecule has 18 heavy (non-hydrogen) atoms. The molecule has 1 aromatic carbocycles. The van der Waals surface area contributed by atoms with Gasteiger partial charge in [0, 0.05) is 13.6 Å². The number of rotatable bonds is 2. The molecule has 2 aromatic rings. The molecule has 5 nitrogen and oxygen atoms in total. The number of nitrogens with zero attached hydrogens (tertiary/aromatic N) is 3. The maximum Gasteiger partial charge on any atom is 0.243 e. The van der Waals surface area contributed by atoms with Gasteiger partial charge < -0.3 is 10.6 Å². The van der Waals surface area contributed by atoms with Crippen molar-refractivity contribution in [3.8, 4) is 0 Å². The molecule has 0 radical (unpaired) electrons. The minimum absolute atomic E-state index is 0.274. The van der Waals surface area contributed by atoms with Gasteiger partial charge in [-0.3, -0.25) is 0 Å². The fourth-order valence-corrected chi connectivity index (χ4v) is 2.40. The molecule has 3 rings (SSSR count). The summed E-state index contributed by atoms with van der Waals surface area (Å²) in [6.07, 6.45) is 1.03. The van der Waals surface area contributed by atoms with E-state index in [1.807, 2.05) is 11.7 Å². The molecule has 1 aliphatic heterocycles. The van der Waals surface area contributed by atoms with E-state index in [1.54, 1.807) is 0 Å². The molecular weight excluding hydrogens is 226 g/mol. The fraction of sp³-hybridized carbons (Fsp3) is 0.385. The topological polar surface area (TPSA) is 54.8 Å². The van der Waals surface area contributed by atoms with Crippen LogP contribution in [-0.2, 0) is 0 Å². The first-order valence-corrected chi connectivity index (χ1v) is 6.22. The number of hydrogen-bond donors (Lipinski definition) is 2. The number of nitrogens with one attached hydrogen (secondary N) is 2. The maximum absolute atomic E-state index is 4.49. The second-order valence-electron chi connectivity index (χ2n) is 4.60. The van der Waals surface area contributed by atoms with E-state index in [0.29, 0.717) is 5.95 Å². The van der Waals surface area contributed by atoms with Crippen molar-refractivity contribution < 1.29 is 0 Å². The van der Waals surface area contributed by atoms with Crippen molar-refractivity contribution in [3.05, 3.63) is 35.4 Å². The smallest absolute Gasteiger partial charge is 0.243 e. The zero-order chi connectivity index (χ0) is 12.5. The third-order valence-corrected chi connectivity index (χ3v) is 3.28. The van der Waals surface area contributed by atoms with Crippen molar-refractivity contribution in [3.63, 3.8) is 0 Å². The predicted octanol–water partition coefficient (Wildman–Crippen LogP) is 2.03. The Kier molecular flexibility index (Phi) is 2.66. The molecule has 1 unspecified atom stereocenters. The van der Waals surface area contributed by atoms with Gasteiger partial charge in [-0.1, -0.05) is 29.8 Å². The lowest BCUT2D eigenvalue weighted by Gasteiger charge is -2.24. The largest absolute Gasteiger partial charge is 0.356 e. The Hall–Kier alpha value is -2.04. The lowest BCUT2D eigenvalue weighted by molar-refractivity contribution is 0.481. The molecule has 2 N–H and O–H groups in total. The first kappa shape index (κ1) is 11.1. The molecule has 0 spiro atoms. The second kappa shape index (κ2) is 4.33. The van der Waals surface area contributed by atoms with Crippen molar-refractivity contribution in [1.82, 2.24) is 14.8 Å². The minimum Gasteiger partial charge on any atom is -0.356 e. The first-order valence-electron chi connectivity index (χ1n) is 6.22. The summed E-state index contributed by atoms with van der Waals surface area (Å²) in [5, 5.41) is 10.8. The van der Waals surface area contributed by atoms with E-state index in [4.69, 9.17) is 0 Å². The number of aryl methyl sites for hydroxylation is 1. The highest BCUT2D eigenvalue weighted by atomic mass is 15.5. The van der Waals surface area contributed by atoms with Crippen LogP contribution in [0.3, 0.4) is 0 Å². The Morgan fingerprint density at radius 3 is 3.11 bits per heavy atom. The van der Waals surface area contributed by atoms with Crippen LogP contribution in [0.1, 0.15) is 23.6 Å². The van der Waals surface area contributed by atoms with Gasteiger partial charge in [0.05, 0.1) is 6.04 Å².